The number of pyridine rings is 1. The van der Waals surface area contributed by atoms with Gasteiger partial charge in [-0.15, -0.1) is 0 Å². The van der Waals surface area contributed by atoms with Gasteiger partial charge in [0.15, 0.2) is 5.11 Å². The summed E-state index contributed by atoms with van der Waals surface area (Å²) in [5, 5.41) is 2.54. The Labute approximate surface area is 103 Å². The van der Waals surface area contributed by atoms with Gasteiger partial charge in [0, 0.05) is 19.3 Å². The van der Waals surface area contributed by atoms with E-state index in [0.29, 0.717) is 0 Å². The highest BCUT2D eigenvalue weighted by molar-refractivity contribution is 7.80. The maximum atomic E-state index is 11.6. The van der Waals surface area contributed by atoms with Gasteiger partial charge < -0.3 is 0 Å². The number of thiocarbonyl (C=S) groups is 1. The highest BCUT2D eigenvalue weighted by Gasteiger charge is 2.32. The summed E-state index contributed by atoms with van der Waals surface area (Å²) in [6.45, 7) is 1.35. The van der Waals surface area contributed by atoms with Crippen LogP contribution >= 0.6 is 12.2 Å². The number of nitrogens with zero attached hydrogens (tertiary/aromatic N) is 2. The van der Waals surface area contributed by atoms with E-state index in [2.05, 4.69) is 10.3 Å². The first-order valence-electron chi connectivity index (χ1n) is 4.87. The minimum absolute atomic E-state index is 0.109. The van der Waals surface area contributed by atoms with Crippen LogP contribution in [0, 0.1) is 0 Å². The predicted octanol–water partition coefficient (Wildman–Crippen LogP) is 0.686. The van der Waals surface area contributed by atoms with Gasteiger partial charge in [-0.2, -0.15) is 0 Å². The molecule has 0 atom stereocenters. The molecule has 86 valence electrons. The third kappa shape index (κ3) is 2.21. The molecular weight excluding hydrogens is 238 g/mol. The zero-order chi connectivity index (χ0) is 12.4. The Kier molecular flexibility index (Phi) is 2.97. The molecule has 5 nitrogen and oxygen atoms in total. The van der Waals surface area contributed by atoms with Crippen LogP contribution in [0.5, 0.6) is 0 Å². The van der Waals surface area contributed by atoms with Gasteiger partial charge in [0.2, 0.25) is 5.91 Å². The maximum Gasteiger partial charge on any atom is 0.274 e. The number of amides is 2. The fourth-order valence-corrected chi connectivity index (χ4v) is 1.81. The standard InChI is InChI=1S/C11H9N3O2S/c1-7(15)14-9(10(16)13-11(14)17)5-8-3-2-4-12-6-8/h2-6H,1H3,(H,13,16,17)/b9-5+. The van der Waals surface area contributed by atoms with Gasteiger partial charge in [-0.05, 0) is 29.9 Å². The van der Waals surface area contributed by atoms with Crippen LogP contribution in [-0.2, 0) is 9.59 Å². The second-order valence-electron chi connectivity index (χ2n) is 3.43. The summed E-state index contributed by atoms with van der Waals surface area (Å²) in [7, 11) is 0. The van der Waals surface area contributed by atoms with Crippen molar-refractivity contribution >= 4 is 35.2 Å². The number of nitrogens with one attached hydrogen (secondary N) is 1. The van der Waals surface area contributed by atoms with E-state index in [1.807, 2.05) is 0 Å². The molecule has 1 aliphatic rings. The Bertz CT molecular complexity index is 525. The molecule has 0 radical (unpaired) electrons. The first-order valence-corrected chi connectivity index (χ1v) is 5.28. The number of hydrogen-bond acceptors (Lipinski definition) is 4. The van der Waals surface area contributed by atoms with Gasteiger partial charge in [0.1, 0.15) is 5.70 Å². The molecule has 1 aliphatic heterocycles. The van der Waals surface area contributed by atoms with E-state index in [1.54, 1.807) is 30.6 Å². The molecule has 17 heavy (non-hydrogen) atoms. The summed E-state index contributed by atoms with van der Waals surface area (Å²) < 4.78 is 0. The monoisotopic (exact) mass is 247 g/mol. The molecule has 0 bridgehead atoms. The summed E-state index contributed by atoms with van der Waals surface area (Å²) >= 11 is 4.90. The van der Waals surface area contributed by atoms with Crippen molar-refractivity contribution in [1.29, 1.82) is 0 Å². The number of aromatic nitrogens is 1. The van der Waals surface area contributed by atoms with Crippen LogP contribution in [0.1, 0.15) is 12.5 Å². The topological polar surface area (TPSA) is 62.3 Å². The summed E-state index contributed by atoms with van der Waals surface area (Å²) in [5.41, 5.74) is 0.948. The Morgan fingerprint density at radius 1 is 1.59 bits per heavy atom. The molecule has 6 heteroatoms. The maximum absolute atomic E-state index is 11.6. The fourth-order valence-electron chi connectivity index (χ4n) is 1.49. The number of carbonyl (C=O) groups is 2. The van der Waals surface area contributed by atoms with Crippen molar-refractivity contribution in [2.24, 2.45) is 0 Å². The van der Waals surface area contributed by atoms with Crippen molar-refractivity contribution in [2.45, 2.75) is 6.92 Å². The average molecular weight is 247 g/mol. The van der Waals surface area contributed by atoms with Crippen LogP contribution in [0.15, 0.2) is 30.2 Å². The molecule has 0 aliphatic carbocycles. The summed E-state index contributed by atoms with van der Waals surface area (Å²) in [4.78, 5) is 28.1. The van der Waals surface area contributed by atoms with Gasteiger partial charge >= 0.3 is 0 Å². The summed E-state index contributed by atoms with van der Waals surface area (Å²) in [6, 6.07) is 3.53. The third-order valence-electron chi connectivity index (χ3n) is 2.20. The van der Waals surface area contributed by atoms with Crippen molar-refractivity contribution in [3.63, 3.8) is 0 Å². The van der Waals surface area contributed by atoms with Gasteiger partial charge in [-0.1, -0.05) is 6.07 Å². The highest BCUT2D eigenvalue weighted by atomic mass is 32.1. The van der Waals surface area contributed by atoms with E-state index < -0.39 is 0 Å². The third-order valence-corrected chi connectivity index (χ3v) is 2.48. The first kappa shape index (κ1) is 11.4. The van der Waals surface area contributed by atoms with Gasteiger partial charge in [-0.25, -0.2) is 0 Å². The van der Waals surface area contributed by atoms with E-state index in [9.17, 15) is 9.59 Å². The zero-order valence-electron chi connectivity index (χ0n) is 9.01. The molecule has 1 fully saturated rings. The molecule has 2 rings (SSSR count). The molecule has 1 aromatic heterocycles. The Balaban J connectivity index is 2.42. The van der Waals surface area contributed by atoms with E-state index in [-0.39, 0.29) is 22.6 Å². The molecule has 0 unspecified atom stereocenters. The molecule has 1 N–H and O–H groups in total. The van der Waals surface area contributed by atoms with Crippen molar-refractivity contribution in [3.8, 4) is 0 Å². The molecule has 1 aromatic rings. The Morgan fingerprint density at radius 2 is 2.35 bits per heavy atom. The first-order chi connectivity index (χ1) is 8.09. The van der Waals surface area contributed by atoms with Crippen molar-refractivity contribution < 1.29 is 9.59 Å². The lowest BCUT2D eigenvalue weighted by atomic mass is 10.2. The molecule has 2 amide bonds. The zero-order valence-corrected chi connectivity index (χ0v) is 9.82. The SMILES string of the molecule is CC(=O)N1C(=S)NC(=O)/C1=C\c1cccnc1. The Morgan fingerprint density at radius 3 is 2.94 bits per heavy atom. The van der Waals surface area contributed by atoms with Crippen molar-refractivity contribution in [2.75, 3.05) is 0 Å². The normalized spacial score (nSPS) is 17.5. The number of carbonyl (C=O) groups excluding carboxylic acids is 2. The van der Waals surface area contributed by atoms with Crippen LogP contribution in [0.2, 0.25) is 0 Å². The second-order valence-corrected chi connectivity index (χ2v) is 3.82. The van der Waals surface area contributed by atoms with Gasteiger partial charge in [-0.3, -0.25) is 24.8 Å². The van der Waals surface area contributed by atoms with E-state index in [0.717, 1.165) is 5.56 Å². The number of rotatable bonds is 1. The summed E-state index contributed by atoms with van der Waals surface area (Å²) in [5.74, 6) is -0.683. The molecule has 0 spiro atoms. The van der Waals surface area contributed by atoms with Crippen LogP contribution in [0.4, 0.5) is 0 Å². The van der Waals surface area contributed by atoms with Crippen molar-refractivity contribution in [1.82, 2.24) is 15.2 Å². The summed E-state index contributed by atoms with van der Waals surface area (Å²) in [6.07, 6.45) is 4.80. The van der Waals surface area contributed by atoms with Crippen LogP contribution < -0.4 is 5.32 Å². The fraction of sp³-hybridized carbons (Fsp3) is 0.0909. The Hall–Kier alpha value is -2.08. The minimum atomic E-state index is -0.381. The quantitative estimate of drug-likeness (QED) is 0.585. The lowest BCUT2D eigenvalue weighted by molar-refractivity contribution is -0.125. The average Bonchev–Trinajstić information content (AvgIpc) is 2.55. The molecule has 0 aromatic carbocycles. The lowest BCUT2D eigenvalue weighted by Crippen LogP contribution is -2.31. The molecule has 0 saturated carbocycles. The predicted molar refractivity (Wildman–Crippen MR) is 65.5 cm³/mol. The van der Waals surface area contributed by atoms with Gasteiger partial charge in [0.05, 0.1) is 0 Å². The van der Waals surface area contributed by atoms with E-state index in [4.69, 9.17) is 12.2 Å². The highest BCUT2D eigenvalue weighted by Crippen LogP contribution is 2.16. The van der Waals surface area contributed by atoms with E-state index in [1.165, 1.54) is 11.8 Å². The molecule has 2 heterocycles. The van der Waals surface area contributed by atoms with Crippen LogP contribution in [0.3, 0.4) is 0 Å². The molecular formula is C11H9N3O2S. The lowest BCUT2D eigenvalue weighted by Gasteiger charge is -2.11. The second kappa shape index (κ2) is 4.42. The van der Waals surface area contributed by atoms with E-state index >= 15 is 0 Å². The van der Waals surface area contributed by atoms with Crippen LogP contribution in [0.25, 0.3) is 6.08 Å². The largest absolute Gasteiger partial charge is 0.297 e. The van der Waals surface area contributed by atoms with Crippen LogP contribution in [-0.4, -0.2) is 26.8 Å². The van der Waals surface area contributed by atoms with Gasteiger partial charge in [0.25, 0.3) is 5.91 Å². The smallest absolute Gasteiger partial charge is 0.274 e. The number of hydrogen-bond donors (Lipinski definition) is 1. The van der Waals surface area contributed by atoms with Crippen molar-refractivity contribution in [3.05, 3.63) is 35.8 Å². The minimum Gasteiger partial charge on any atom is -0.297 e. The molecule has 1 saturated heterocycles.